The predicted molar refractivity (Wildman–Crippen MR) is 62.2 cm³/mol. The van der Waals surface area contributed by atoms with Gasteiger partial charge in [0.1, 0.15) is 0 Å². The van der Waals surface area contributed by atoms with Crippen molar-refractivity contribution in [1.29, 1.82) is 0 Å². The van der Waals surface area contributed by atoms with E-state index in [1.807, 2.05) is 19.1 Å². The largest absolute Gasteiger partial charge is 0.390 e. The van der Waals surface area contributed by atoms with Crippen LogP contribution in [0.15, 0.2) is 18.3 Å². The SMILES string of the molecule is Cc1cccnc1CC(O)C1OCCC1C. The summed E-state index contributed by atoms with van der Waals surface area (Å²) in [4.78, 5) is 4.30. The number of pyridine rings is 1. The van der Waals surface area contributed by atoms with Crippen LogP contribution in [0.25, 0.3) is 0 Å². The standard InChI is InChI=1S/C13H19NO2/c1-9-4-3-6-14-11(9)8-12(15)13-10(2)5-7-16-13/h3-4,6,10,12-13,15H,5,7-8H2,1-2H3. The number of aromatic nitrogens is 1. The second-order valence-electron chi connectivity index (χ2n) is 4.64. The molecular weight excluding hydrogens is 202 g/mol. The second kappa shape index (κ2) is 4.93. The van der Waals surface area contributed by atoms with Gasteiger partial charge in [0.2, 0.25) is 0 Å². The molecule has 3 unspecified atom stereocenters. The number of aliphatic hydroxyl groups excluding tert-OH is 1. The number of hydrogen-bond acceptors (Lipinski definition) is 3. The van der Waals surface area contributed by atoms with Crippen molar-refractivity contribution in [2.24, 2.45) is 5.92 Å². The molecule has 1 N–H and O–H groups in total. The van der Waals surface area contributed by atoms with Crippen LogP contribution in [-0.4, -0.2) is 28.9 Å². The highest BCUT2D eigenvalue weighted by Gasteiger charge is 2.31. The van der Waals surface area contributed by atoms with Crippen LogP contribution < -0.4 is 0 Å². The third-order valence-electron chi connectivity index (χ3n) is 3.34. The molecule has 88 valence electrons. The van der Waals surface area contributed by atoms with Crippen LogP contribution in [0.3, 0.4) is 0 Å². The van der Waals surface area contributed by atoms with E-state index in [2.05, 4.69) is 11.9 Å². The van der Waals surface area contributed by atoms with Gasteiger partial charge in [-0.25, -0.2) is 0 Å². The minimum Gasteiger partial charge on any atom is -0.390 e. The van der Waals surface area contributed by atoms with Crippen molar-refractivity contribution in [3.8, 4) is 0 Å². The molecule has 0 aromatic carbocycles. The van der Waals surface area contributed by atoms with Crippen LogP contribution in [0.1, 0.15) is 24.6 Å². The number of ether oxygens (including phenoxy) is 1. The molecule has 1 fully saturated rings. The summed E-state index contributed by atoms with van der Waals surface area (Å²) in [5.74, 6) is 0.444. The first-order valence-electron chi connectivity index (χ1n) is 5.88. The molecule has 0 radical (unpaired) electrons. The van der Waals surface area contributed by atoms with Gasteiger partial charge in [-0.2, -0.15) is 0 Å². The maximum Gasteiger partial charge on any atom is 0.0864 e. The van der Waals surface area contributed by atoms with Crippen molar-refractivity contribution in [2.45, 2.75) is 38.9 Å². The van der Waals surface area contributed by atoms with Crippen LogP contribution >= 0.6 is 0 Å². The van der Waals surface area contributed by atoms with E-state index in [1.165, 1.54) is 0 Å². The smallest absolute Gasteiger partial charge is 0.0864 e. The molecule has 16 heavy (non-hydrogen) atoms. The molecule has 3 nitrogen and oxygen atoms in total. The van der Waals surface area contributed by atoms with Crippen molar-refractivity contribution in [3.05, 3.63) is 29.6 Å². The fourth-order valence-corrected chi connectivity index (χ4v) is 2.26. The van der Waals surface area contributed by atoms with Gasteiger partial charge in [0.05, 0.1) is 12.2 Å². The molecule has 0 saturated carbocycles. The second-order valence-corrected chi connectivity index (χ2v) is 4.64. The van der Waals surface area contributed by atoms with Gasteiger partial charge in [-0.3, -0.25) is 4.98 Å². The van der Waals surface area contributed by atoms with Gasteiger partial charge in [0, 0.05) is 24.9 Å². The average Bonchev–Trinajstić information content (AvgIpc) is 2.68. The molecule has 0 spiro atoms. The molecule has 1 aliphatic rings. The Morgan fingerprint density at radius 2 is 2.44 bits per heavy atom. The van der Waals surface area contributed by atoms with Crippen LogP contribution in [-0.2, 0) is 11.2 Å². The van der Waals surface area contributed by atoms with Crippen molar-refractivity contribution in [2.75, 3.05) is 6.61 Å². The van der Waals surface area contributed by atoms with Crippen molar-refractivity contribution in [1.82, 2.24) is 4.98 Å². The zero-order valence-corrected chi connectivity index (χ0v) is 9.89. The lowest BCUT2D eigenvalue weighted by molar-refractivity contribution is -0.0162. The van der Waals surface area contributed by atoms with E-state index in [9.17, 15) is 5.11 Å². The lowest BCUT2D eigenvalue weighted by Crippen LogP contribution is -2.32. The van der Waals surface area contributed by atoms with Crippen LogP contribution in [0.2, 0.25) is 0 Å². The Morgan fingerprint density at radius 3 is 3.06 bits per heavy atom. The summed E-state index contributed by atoms with van der Waals surface area (Å²) in [6, 6.07) is 3.94. The van der Waals surface area contributed by atoms with Crippen LogP contribution in [0.4, 0.5) is 0 Å². The predicted octanol–water partition coefficient (Wildman–Crippen LogP) is 1.72. The van der Waals surface area contributed by atoms with Crippen molar-refractivity contribution in [3.63, 3.8) is 0 Å². The molecule has 3 heteroatoms. The highest BCUT2D eigenvalue weighted by molar-refractivity contribution is 5.18. The molecule has 3 atom stereocenters. The number of aryl methyl sites for hydroxylation is 1. The summed E-state index contributed by atoms with van der Waals surface area (Å²) < 4.78 is 5.56. The molecule has 0 bridgehead atoms. The summed E-state index contributed by atoms with van der Waals surface area (Å²) in [6.07, 6.45) is 2.94. The summed E-state index contributed by atoms with van der Waals surface area (Å²) >= 11 is 0. The lowest BCUT2D eigenvalue weighted by atomic mass is 9.96. The minimum absolute atomic E-state index is 0.0265. The monoisotopic (exact) mass is 221 g/mol. The molecule has 2 rings (SSSR count). The summed E-state index contributed by atoms with van der Waals surface area (Å²) in [5.41, 5.74) is 2.10. The van der Waals surface area contributed by atoms with Crippen molar-refractivity contribution < 1.29 is 9.84 Å². The van der Waals surface area contributed by atoms with E-state index >= 15 is 0 Å². The molecule has 1 aliphatic heterocycles. The Balaban J connectivity index is 2.02. The zero-order valence-electron chi connectivity index (χ0n) is 9.89. The van der Waals surface area contributed by atoms with Crippen LogP contribution in [0.5, 0.6) is 0 Å². The van der Waals surface area contributed by atoms with E-state index < -0.39 is 6.10 Å². The van der Waals surface area contributed by atoms with Gasteiger partial charge in [-0.15, -0.1) is 0 Å². The number of nitrogens with zero attached hydrogens (tertiary/aromatic N) is 1. The van der Waals surface area contributed by atoms with Crippen LogP contribution in [0, 0.1) is 12.8 Å². The van der Waals surface area contributed by atoms with E-state index in [0.717, 1.165) is 24.3 Å². The Labute approximate surface area is 96.5 Å². The molecule has 1 saturated heterocycles. The third-order valence-corrected chi connectivity index (χ3v) is 3.34. The average molecular weight is 221 g/mol. The Morgan fingerprint density at radius 1 is 1.62 bits per heavy atom. The van der Waals surface area contributed by atoms with Crippen molar-refractivity contribution >= 4 is 0 Å². The fraction of sp³-hybridized carbons (Fsp3) is 0.615. The first kappa shape index (κ1) is 11.6. The Hall–Kier alpha value is -0.930. The molecular formula is C13H19NO2. The quantitative estimate of drug-likeness (QED) is 0.845. The van der Waals surface area contributed by atoms with Gasteiger partial charge in [-0.1, -0.05) is 13.0 Å². The summed E-state index contributed by atoms with van der Waals surface area (Å²) in [5, 5.41) is 10.1. The Kier molecular flexibility index (Phi) is 3.56. The first-order valence-corrected chi connectivity index (χ1v) is 5.88. The van der Waals surface area contributed by atoms with E-state index in [-0.39, 0.29) is 6.10 Å². The lowest BCUT2D eigenvalue weighted by Gasteiger charge is -2.21. The number of hydrogen-bond donors (Lipinski definition) is 1. The molecule has 1 aromatic heterocycles. The first-order chi connectivity index (χ1) is 7.68. The zero-order chi connectivity index (χ0) is 11.5. The maximum absolute atomic E-state index is 10.1. The number of rotatable bonds is 3. The summed E-state index contributed by atoms with van der Waals surface area (Å²) in [6.45, 7) is 4.92. The minimum atomic E-state index is -0.439. The third kappa shape index (κ3) is 2.42. The molecule has 2 heterocycles. The van der Waals surface area contributed by atoms with Gasteiger partial charge in [-0.05, 0) is 30.9 Å². The van der Waals surface area contributed by atoms with Gasteiger partial charge >= 0.3 is 0 Å². The molecule has 0 aliphatic carbocycles. The molecule has 0 amide bonds. The molecule has 1 aromatic rings. The Bertz CT molecular complexity index is 354. The van der Waals surface area contributed by atoms with Gasteiger partial charge in [0.15, 0.2) is 0 Å². The topological polar surface area (TPSA) is 42.4 Å². The van der Waals surface area contributed by atoms with Gasteiger partial charge < -0.3 is 9.84 Å². The number of aliphatic hydroxyl groups is 1. The fourth-order valence-electron chi connectivity index (χ4n) is 2.26. The van der Waals surface area contributed by atoms with Gasteiger partial charge in [0.25, 0.3) is 0 Å². The summed E-state index contributed by atoms with van der Waals surface area (Å²) in [7, 11) is 0. The highest BCUT2D eigenvalue weighted by atomic mass is 16.5. The van der Waals surface area contributed by atoms with E-state index in [0.29, 0.717) is 12.3 Å². The van der Waals surface area contributed by atoms with E-state index in [1.54, 1.807) is 6.20 Å². The normalized spacial score (nSPS) is 26.9. The highest BCUT2D eigenvalue weighted by Crippen LogP contribution is 2.24. The maximum atomic E-state index is 10.1. The van der Waals surface area contributed by atoms with E-state index in [4.69, 9.17) is 4.74 Å².